The van der Waals surface area contributed by atoms with E-state index in [1.54, 1.807) is 12.3 Å². The molecule has 156 valence electrons. The molecule has 3 aromatic heterocycles. The van der Waals surface area contributed by atoms with Gasteiger partial charge in [-0.3, -0.25) is 10.1 Å². The van der Waals surface area contributed by atoms with E-state index in [-0.39, 0.29) is 18.4 Å². The summed E-state index contributed by atoms with van der Waals surface area (Å²) >= 11 is 6.27. The van der Waals surface area contributed by atoms with Crippen LogP contribution in [0.4, 0.5) is 0 Å². The molecule has 5 rings (SSSR count). The summed E-state index contributed by atoms with van der Waals surface area (Å²) in [5.41, 5.74) is 4.34. The molecule has 0 amide bonds. The number of ether oxygens (including phenoxy) is 1. The Morgan fingerprint density at radius 3 is 2.57 bits per heavy atom. The molecule has 0 spiro atoms. The Bertz CT molecular complexity index is 1150. The highest BCUT2D eigenvalue weighted by atomic mass is 35.5. The van der Waals surface area contributed by atoms with Crippen molar-refractivity contribution in [3.05, 3.63) is 58.2 Å². The number of rotatable bonds is 3. The van der Waals surface area contributed by atoms with Crippen molar-refractivity contribution >= 4 is 22.8 Å². The van der Waals surface area contributed by atoms with E-state index in [4.69, 9.17) is 21.4 Å². The minimum absolute atomic E-state index is 0.142. The highest BCUT2D eigenvalue weighted by Crippen LogP contribution is 2.29. The molecule has 8 nitrogen and oxygen atoms in total. The van der Waals surface area contributed by atoms with Crippen LogP contribution in [0.2, 0.25) is 5.02 Å². The number of aliphatic hydroxyl groups excluding tert-OH is 1. The van der Waals surface area contributed by atoms with Crippen LogP contribution < -0.4 is 5.69 Å². The number of nitrogens with one attached hydrogen (secondary N) is 3. The highest BCUT2D eigenvalue weighted by Gasteiger charge is 2.11. The van der Waals surface area contributed by atoms with Crippen LogP contribution in [0.15, 0.2) is 47.5 Å². The summed E-state index contributed by atoms with van der Waals surface area (Å²) in [4.78, 5) is 21.0. The quantitative estimate of drug-likeness (QED) is 0.399. The standard InChI is InChI=1S/C15H10ClN5O.C6H12O2/c16-11-5-12-14(21-15(22)19-12)20-13(11)9-3-1-8(2-4-9)10-6-17-18-7-10;7-5-6-3-1-2-4-8-6/h1-7H,(H,17,18)(H2,19,20,21,22);6-7H,1-5H2/t;6-/m.0/s1. The molecule has 0 unspecified atom stereocenters. The van der Waals surface area contributed by atoms with Crippen LogP contribution in [0, 0.1) is 0 Å². The number of H-pyrrole nitrogens is 3. The molecule has 1 aliphatic rings. The third-order valence-electron chi connectivity index (χ3n) is 4.92. The Kier molecular flexibility index (Phi) is 6.27. The van der Waals surface area contributed by atoms with E-state index in [1.807, 2.05) is 30.5 Å². The first-order valence-corrected chi connectivity index (χ1v) is 10.1. The number of pyridine rings is 1. The number of hydrogen-bond acceptors (Lipinski definition) is 5. The fourth-order valence-electron chi connectivity index (χ4n) is 3.32. The van der Waals surface area contributed by atoms with Gasteiger partial charge in [-0.15, -0.1) is 0 Å². The van der Waals surface area contributed by atoms with Crippen LogP contribution in [0.1, 0.15) is 19.3 Å². The maximum Gasteiger partial charge on any atom is 0.325 e. The Morgan fingerprint density at radius 1 is 1.13 bits per heavy atom. The summed E-state index contributed by atoms with van der Waals surface area (Å²) in [6, 6.07) is 9.52. The number of aliphatic hydroxyl groups is 1. The van der Waals surface area contributed by atoms with E-state index >= 15 is 0 Å². The fraction of sp³-hybridized carbons (Fsp3) is 0.286. The SMILES string of the molecule is O=c1[nH]c2cc(Cl)c(-c3ccc(-c4cn[nH]c4)cc3)nc2[nH]1.OC[C@@H]1CCCCO1. The summed E-state index contributed by atoms with van der Waals surface area (Å²) in [6.45, 7) is 1.03. The van der Waals surface area contributed by atoms with E-state index in [2.05, 4.69) is 25.1 Å². The molecule has 4 aromatic rings. The van der Waals surface area contributed by atoms with Gasteiger partial charge in [0.25, 0.3) is 0 Å². The lowest BCUT2D eigenvalue weighted by molar-refractivity contribution is -0.0172. The van der Waals surface area contributed by atoms with Crippen LogP contribution in [-0.2, 0) is 4.74 Å². The van der Waals surface area contributed by atoms with Crippen molar-refractivity contribution in [3.8, 4) is 22.4 Å². The Labute approximate surface area is 177 Å². The molecule has 1 fully saturated rings. The molecular formula is C21H22ClN5O3. The third kappa shape index (κ3) is 4.62. The Morgan fingerprint density at radius 2 is 1.93 bits per heavy atom. The van der Waals surface area contributed by atoms with E-state index in [0.717, 1.165) is 36.1 Å². The van der Waals surface area contributed by atoms with Gasteiger partial charge in [-0.25, -0.2) is 9.78 Å². The first-order valence-electron chi connectivity index (χ1n) is 9.74. The van der Waals surface area contributed by atoms with Gasteiger partial charge < -0.3 is 14.8 Å². The summed E-state index contributed by atoms with van der Waals surface area (Å²) < 4.78 is 5.18. The zero-order valence-corrected chi connectivity index (χ0v) is 16.9. The molecular weight excluding hydrogens is 406 g/mol. The van der Waals surface area contributed by atoms with Crippen LogP contribution >= 0.6 is 11.6 Å². The van der Waals surface area contributed by atoms with Gasteiger partial charge in [0.05, 0.1) is 35.1 Å². The lowest BCUT2D eigenvalue weighted by Gasteiger charge is -2.19. The molecule has 0 aliphatic carbocycles. The van der Waals surface area contributed by atoms with E-state index in [0.29, 0.717) is 21.9 Å². The first kappa shape index (κ1) is 20.3. The molecule has 1 aliphatic heterocycles. The zero-order valence-electron chi connectivity index (χ0n) is 16.2. The number of imidazole rings is 1. The van der Waals surface area contributed by atoms with Crippen LogP contribution in [0.3, 0.4) is 0 Å². The maximum atomic E-state index is 11.3. The molecule has 0 radical (unpaired) electrons. The molecule has 0 bridgehead atoms. The molecule has 9 heteroatoms. The summed E-state index contributed by atoms with van der Waals surface area (Å²) in [5, 5.41) is 15.8. The number of aromatic amines is 3. The maximum absolute atomic E-state index is 11.3. The minimum Gasteiger partial charge on any atom is -0.394 e. The van der Waals surface area contributed by atoms with Crippen LogP contribution in [-0.4, -0.2) is 49.6 Å². The summed E-state index contributed by atoms with van der Waals surface area (Å²) in [5.74, 6) is 0. The van der Waals surface area contributed by atoms with E-state index in [1.165, 1.54) is 6.42 Å². The molecule has 1 aromatic carbocycles. The van der Waals surface area contributed by atoms with Crippen molar-refractivity contribution in [2.24, 2.45) is 0 Å². The van der Waals surface area contributed by atoms with Crippen LogP contribution in [0.5, 0.6) is 0 Å². The van der Waals surface area contributed by atoms with Gasteiger partial charge in [0.15, 0.2) is 5.65 Å². The third-order valence-corrected chi connectivity index (χ3v) is 5.21. The van der Waals surface area contributed by atoms with Crippen molar-refractivity contribution in [1.29, 1.82) is 0 Å². The van der Waals surface area contributed by atoms with Gasteiger partial charge in [0, 0.05) is 23.9 Å². The van der Waals surface area contributed by atoms with E-state index < -0.39 is 0 Å². The molecule has 0 saturated carbocycles. The number of benzene rings is 1. The second-order valence-corrected chi connectivity index (χ2v) is 7.44. The molecule has 4 heterocycles. The lowest BCUT2D eigenvalue weighted by atomic mass is 10.1. The summed E-state index contributed by atoms with van der Waals surface area (Å²) in [7, 11) is 0. The van der Waals surface area contributed by atoms with Gasteiger partial charge in [0.2, 0.25) is 0 Å². The van der Waals surface area contributed by atoms with E-state index in [9.17, 15) is 4.79 Å². The van der Waals surface area contributed by atoms with Gasteiger partial charge in [-0.1, -0.05) is 35.9 Å². The average Bonchev–Trinajstić information content (AvgIpc) is 3.43. The molecule has 30 heavy (non-hydrogen) atoms. The first-order chi connectivity index (χ1) is 14.6. The topological polar surface area (TPSA) is 120 Å². The highest BCUT2D eigenvalue weighted by molar-refractivity contribution is 6.33. The monoisotopic (exact) mass is 427 g/mol. The van der Waals surface area contributed by atoms with Gasteiger partial charge in [0.1, 0.15) is 0 Å². The number of nitrogens with zero attached hydrogens (tertiary/aromatic N) is 2. The van der Waals surface area contributed by atoms with Crippen LogP contribution in [0.25, 0.3) is 33.5 Å². The number of fused-ring (bicyclic) bond motifs is 1. The molecule has 1 saturated heterocycles. The largest absolute Gasteiger partial charge is 0.394 e. The van der Waals surface area contributed by atoms with Gasteiger partial charge >= 0.3 is 5.69 Å². The van der Waals surface area contributed by atoms with Crippen molar-refractivity contribution < 1.29 is 9.84 Å². The minimum atomic E-state index is -0.300. The van der Waals surface area contributed by atoms with Crippen molar-refractivity contribution in [3.63, 3.8) is 0 Å². The fourth-order valence-corrected chi connectivity index (χ4v) is 3.58. The summed E-state index contributed by atoms with van der Waals surface area (Å²) in [6.07, 6.45) is 7.15. The number of halogens is 1. The second kappa shape index (κ2) is 9.25. The molecule has 1 atom stereocenters. The van der Waals surface area contributed by atoms with Crippen molar-refractivity contribution in [2.45, 2.75) is 25.4 Å². The second-order valence-electron chi connectivity index (χ2n) is 7.03. The lowest BCUT2D eigenvalue weighted by Crippen LogP contribution is -2.22. The van der Waals surface area contributed by atoms with Crippen molar-refractivity contribution in [1.82, 2.24) is 25.1 Å². The van der Waals surface area contributed by atoms with Gasteiger partial charge in [-0.05, 0) is 30.9 Å². The number of aromatic nitrogens is 5. The number of hydrogen-bond donors (Lipinski definition) is 4. The Hall–Kier alpha value is -2.94. The smallest absolute Gasteiger partial charge is 0.325 e. The Balaban J connectivity index is 0.000000230. The molecule has 4 N–H and O–H groups in total. The normalized spacial score (nSPS) is 16.3. The van der Waals surface area contributed by atoms with Crippen molar-refractivity contribution in [2.75, 3.05) is 13.2 Å². The zero-order chi connectivity index (χ0) is 20.9. The average molecular weight is 428 g/mol. The predicted molar refractivity (Wildman–Crippen MR) is 115 cm³/mol. The van der Waals surface area contributed by atoms with Gasteiger partial charge in [-0.2, -0.15) is 5.10 Å². The predicted octanol–water partition coefficient (Wildman–Crippen LogP) is 3.51.